The van der Waals surface area contributed by atoms with E-state index < -0.39 is 22.0 Å². The van der Waals surface area contributed by atoms with Crippen molar-refractivity contribution in [1.82, 2.24) is 4.72 Å². The molecule has 0 unspecified atom stereocenters. The molecule has 1 N–H and O–H groups in total. The van der Waals surface area contributed by atoms with Gasteiger partial charge in [-0.3, -0.25) is 0 Å². The molecule has 0 saturated heterocycles. The molecular formula is C12H16NO4S-. The smallest absolute Gasteiger partial charge is 0.241 e. The molecule has 0 aliphatic carbocycles. The summed E-state index contributed by atoms with van der Waals surface area (Å²) < 4.78 is 26.0. The van der Waals surface area contributed by atoms with Gasteiger partial charge in [0, 0.05) is 0 Å². The first kappa shape index (κ1) is 14.7. The minimum Gasteiger partial charge on any atom is -0.548 e. The van der Waals surface area contributed by atoms with Gasteiger partial charge < -0.3 is 9.90 Å². The Labute approximate surface area is 107 Å². The summed E-state index contributed by atoms with van der Waals surface area (Å²) in [5.74, 6) is -1.37. The summed E-state index contributed by atoms with van der Waals surface area (Å²) in [7, 11) is -3.82. The molecule has 0 aliphatic rings. The maximum atomic E-state index is 11.9. The van der Waals surface area contributed by atoms with Crippen LogP contribution < -0.4 is 9.83 Å². The van der Waals surface area contributed by atoms with E-state index in [-0.39, 0.29) is 17.2 Å². The molecule has 0 fully saturated rings. The van der Waals surface area contributed by atoms with Gasteiger partial charge in [0.2, 0.25) is 10.0 Å². The Morgan fingerprint density at radius 3 is 2.28 bits per heavy atom. The Hall–Kier alpha value is -1.40. The third kappa shape index (κ3) is 4.12. The van der Waals surface area contributed by atoms with E-state index in [9.17, 15) is 18.3 Å². The quantitative estimate of drug-likeness (QED) is 0.796. The highest BCUT2D eigenvalue weighted by Gasteiger charge is 2.21. The summed E-state index contributed by atoms with van der Waals surface area (Å²) in [6, 6.07) is 6.43. The average Bonchev–Trinajstić information content (AvgIpc) is 2.28. The maximum Gasteiger partial charge on any atom is 0.241 e. The van der Waals surface area contributed by atoms with Crippen LogP contribution in [-0.4, -0.2) is 20.4 Å². The minimum absolute atomic E-state index is 0.0417. The summed E-state index contributed by atoms with van der Waals surface area (Å²) in [5, 5.41) is 10.9. The Kier molecular flexibility index (Phi) is 4.86. The van der Waals surface area contributed by atoms with Crippen LogP contribution in [0.3, 0.4) is 0 Å². The van der Waals surface area contributed by atoms with Crippen molar-refractivity contribution in [3.8, 4) is 0 Å². The van der Waals surface area contributed by atoms with Crippen molar-refractivity contribution >= 4 is 16.0 Å². The highest BCUT2D eigenvalue weighted by Crippen LogP contribution is 2.11. The van der Waals surface area contributed by atoms with E-state index >= 15 is 0 Å². The van der Waals surface area contributed by atoms with Crippen molar-refractivity contribution in [2.75, 3.05) is 0 Å². The predicted molar refractivity (Wildman–Crippen MR) is 65.0 cm³/mol. The first-order valence-electron chi connectivity index (χ1n) is 5.61. The second kappa shape index (κ2) is 5.97. The SMILES string of the molecule is CC(C)C[C@@H](NS(=O)(=O)c1ccccc1)C(=O)[O-]. The molecule has 0 amide bonds. The van der Waals surface area contributed by atoms with Gasteiger partial charge in [-0.1, -0.05) is 32.0 Å². The fourth-order valence-corrected chi connectivity index (χ4v) is 2.74. The first-order chi connectivity index (χ1) is 8.33. The lowest BCUT2D eigenvalue weighted by Crippen LogP contribution is -2.48. The van der Waals surface area contributed by atoms with Gasteiger partial charge in [-0.05, 0) is 24.5 Å². The van der Waals surface area contributed by atoms with Gasteiger partial charge in [-0.15, -0.1) is 0 Å². The van der Waals surface area contributed by atoms with Crippen molar-refractivity contribution in [2.45, 2.75) is 31.2 Å². The van der Waals surface area contributed by atoms with E-state index in [0.29, 0.717) is 0 Å². The van der Waals surface area contributed by atoms with Crippen LogP contribution in [0.1, 0.15) is 20.3 Å². The second-order valence-electron chi connectivity index (χ2n) is 4.44. The molecule has 0 aliphatic heterocycles. The fraction of sp³-hybridized carbons (Fsp3) is 0.417. The number of rotatable bonds is 6. The largest absolute Gasteiger partial charge is 0.548 e. The van der Waals surface area contributed by atoms with Crippen molar-refractivity contribution in [1.29, 1.82) is 0 Å². The number of aliphatic carboxylic acids is 1. The number of benzene rings is 1. The average molecular weight is 270 g/mol. The van der Waals surface area contributed by atoms with Gasteiger partial charge in [0.25, 0.3) is 0 Å². The van der Waals surface area contributed by atoms with Crippen molar-refractivity contribution in [3.63, 3.8) is 0 Å². The molecule has 1 aromatic carbocycles. The van der Waals surface area contributed by atoms with E-state index in [1.165, 1.54) is 12.1 Å². The number of hydrogen-bond donors (Lipinski definition) is 1. The third-order valence-corrected chi connectivity index (χ3v) is 3.83. The number of nitrogens with one attached hydrogen (secondary N) is 1. The van der Waals surface area contributed by atoms with E-state index in [4.69, 9.17) is 0 Å². The molecule has 0 heterocycles. The monoisotopic (exact) mass is 270 g/mol. The van der Waals surface area contributed by atoms with Gasteiger partial charge in [-0.2, -0.15) is 0 Å². The lowest BCUT2D eigenvalue weighted by atomic mass is 10.1. The zero-order chi connectivity index (χ0) is 13.8. The lowest BCUT2D eigenvalue weighted by molar-refractivity contribution is -0.308. The van der Waals surface area contributed by atoms with E-state index in [2.05, 4.69) is 4.72 Å². The normalized spacial score (nSPS) is 13.5. The Bertz CT molecular complexity index is 496. The summed E-state index contributed by atoms with van der Waals surface area (Å²) in [4.78, 5) is 10.9. The zero-order valence-electron chi connectivity index (χ0n) is 10.3. The van der Waals surface area contributed by atoms with Gasteiger partial charge in [0.1, 0.15) is 0 Å². The van der Waals surface area contributed by atoms with E-state index in [1.54, 1.807) is 18.2 Å². The predicted octanol–water partition coefficient (Wildman–Crippen LogP) is 0.130. The van der Waals surface area contributed by atoms with Gasteiger partial charge >= 0.3 is 0 Å². The minimum atomic E-state index is -3.82. The molecular weight excluding hydrogens is 254 g/mol. The number of carboxylic acid groups (broad SMARTS) is 1. The van der Waals surface area contributed by atoms with Crippen LogP contribution in [0.25, 0.3) is 0 Å². The van der Waals surface area contributed by atoms with Gasteiger partial charge in [0.15, 0.2) is 0 Å². The molecule has 0 radical (unpaired) electrons. The van der Waals surface area contributed by atoms with E-state index in [1.807, 2.05) is 13.8 Å². The molecule has 6 heteroatoms. The number of carbonyl (C=O) groups is 1. The maximum absolute atomic E-state index is 11.9. The van der Waals surface area contributed by atoms with Crippen LogP contribution in [-0.2, 0) is 14.8 Å². The molecule has 0 saturated carbocycles. The fourth-order valence-electron chi connectivity index (χ4n) is 1.52. The molecule has 0 spiro atoms. The molecule has 1 aromatic rings. The van der Waals surface area contributed by atoms with Crippen molar-refractivity contribution in [3.05, 3.63) is 30.3 Å². The summed E-state index contributed by atoms with van der Waals surface area (Å²) in [5.41, 5.74) is 0. The third-order valence-electron chi connectivity index (χ3n) is 2.34. The molecule has 100 valence electrons. The van der Waals surface area contributed by atoms with Crippen LogP contribution in [0.4, 0.5) is 0 Å². The van der Waals surface area contributed by atoms with Gasteiger partial charge in [-0.25, -0.2) is 13.1 Å². The standard InChI is InChI=1S/C12H17NO4S/c1-9(2)8-11(12(14)15)13-18(16,17)10-6-4-3-5-7-10/h3-7,9,11,13H,8H2,1-2H3,(H,14,15)/p-1/t11-/m1/s1. The Balaban J connectivity index is 2.90. The van der Waals surface area contributed by atoms with Crippen LogP contribution >= 0.6 is 0 Å². The van der Waals surface area contributed by atoms with Crippen LogP contribution in [0.2, 0.25) is 0 Å². The summed E-state index contributed by atoms with van der Waals surface area (Å²) >= 11 is 0. The molecule has 18 heavy (non-hydrogen) atoms. The van der Waals surface area contributed by atoms with Gasteiger partial charge in [0.05, 0.1) is 16.9 Å². The highest BCUT2D eigenvalue weighted by molar-refractivity contribution is 7.89. The molecule has 5 nitrogen and oxygen atoms in total. The number of sulfonamides is 1. The molecule has 1 rings (SSSR count). The Morgan fingerprint density at radius 1 is 1.28 bits per heavy atom. The van der Waals surface area contributed by atoms with Crippen molar-refractivity contribution in [2.24, 2.45) is 5.92 Å². The van der Waals surface area contributed by atoms with E-state index in [0.717, 1.165) is 0 Å². The highest BCUT2D eigenvalue weighted by atomic mass is 32.2. The van der Waals surface area contributed by atoms with Crippen molar-refractivity contribution < 1.29 is 18.3 Å². The summed E-state index contributed by atoms with van der Waals surface area (Å²) in [6.45, 7) is 3.62. The van der Waals surface area contributed by atoms with Crippen LogP contribution in [0.15, 0.2) is 35.2 Å². The zero-order valence-corrected chi connectivity index (χ0v) is 11.1. The first-order valence-corrected chi connectivity index (χ1v) is 7.09. The Morgan fingerprint density at radius 2 is 1.83 bits per heavy atom. The number of carboxylic acids is 1. The number of carbonyl (C=O) groups excluding carboxylic acids is 1. The van der Waals surface area contributed by atoms with Crippen LogP contribution in [0, 0.1) is 5.92 Å². The molecule has 0 aromatic heterocycles. The van der Waals surface area contributed by atoms with Crippen LogP contribution in [0.5, 0.6) is 0 Å². The number of hydrogen-bond acceptors (Lipinski definition) is 4. The molecule has 1 atom stereocenters. The second-order valence-corrected chi connectivity index (χ2v) is 6.15. The topological polar surface area (TPSA) is 86.3 Å². The molecule has 0 bridgehead atoms. The lowest BCUT2D eigenvalue weighted by Gasteiger charge is -2.21. The summed E-state index contributed by atoms with van der Waals surface area (Å²) in [6.07, 6.45) is 0.189.